The molecular formula is C25H24N4O2. The van der Waals surface area contributed by atoms with Gasteiger partial charge in [-0.25, -0.2) is 4.98 Å². The van der Waals surface area contributed by atoms with Crippen molar-refractivity contribution in [2.75, 3.05) is 18.4 Å². The minimum atomic E-state index is -0.787. The predicted molar refractivity (Wildman–Crippen MR) is 119 cm³/mol. The third-order valence-corrected chi connectivity index (χ3v) is 5.99. The molecule has 0 spiro atoms. The Morgan fingerprint density at radius 3 is 2.71 bits per heavy atom. The Balaban J connectivity index is 1.37. The largest absolute Gasteiger partial charge is 0.382 e. The lowest BCUT2D eigenvalue weighted by atomic mass is 9.91. The number of Topliss-reactive ketones (excluding diaryl/α,β-unsaturated/α-hetero) is 1. The molecular weight excluding hydrogens is 388 g/mol. The van der Waals surface area contributed by atoms with Crippen molar-refractivity contribution in [1.29, 1.82) is 0 Å². The monoisotopic (exact) mass is 412 g/mol. The zero-order valence-electron chi connectivity index (χ0n) is 17.1. The van der Waals surface area contributed by atoms with Gasteiger partial charge in [-0.3, -0.25) is 9.59 Å². The molecule has 2 atom stereocenters. The first-order valence-electron chi connectivity index (χ1n) is 10.6. The van der Waals surface area contributed by atoms with Gasteiger partial charge in [0.15, 0.2) is 5.78 Å². The molecule has 0 saturated carbocycles. The van der Waals surface area contributed by atoms with Crippen LogP contribution in [0.2, 0.25) is 0 Å². The van der Waals surface area contributed by atoms with Gasteiger partial charge in [-0.1, -0.05) is 54.6 Å². The number of rotatable bonds is 4. The Labute approximate surface area is 181 Å². The fourth-order valence-corrected chi connectivity index (χ4v) is 4.32. The van der Waals surface area contributed by atoms with Crippen molar-refractivity contribution in [3.05, 3.63) is 94.8 Å². The number of hydrogen-bond donors (Lipinski definition) is 3. The van der Waals surface area contributed by atoms with Crippen LogP contribution >= 0.6 is 0 Å². The predicted octanol–water partition coefficient (Wildman–Crippen LogP) is 2.86. The van der Waals surface area contributed by atoms with Crippen LogP contribution in [0, 0.1) is 5.92 Å². The number of carbonyl (C=O) groups is 2. The summed E-state index contributed by atoms with van der Waals surface area (Å²) >= 11 is 0. The van der Waals surface area contributed by atoms with Gasteiger partial charge in [0.1, 0.15) is 11.6 Å². The highest BCUT2D eigenvalue weighted by atomic mass is 16.2. The Hall–Kier alpha value is -3.51. The van der Waals surface area contributed by atoms with Crippen molar-refractivity contribution < 1.29 is 9.59 Å². The molecule has 2 aliphatic heterocycles. The number of anilines is 1. The number of benzene rings is 2. The third kappa shape index (κ3) is 3.82. The summed E-state index contributed by atoms with van der Waals surface area (Å²) in [5.41, 5.74) is 5.31. The van der Waals surface area contributed by atoms with E-state index >= 15 is 0 Å². The van der Waals surface area contributed by atoms with Gasteiger partial charge in [0.2, 0.25) is 5.91 Å². The topological polar surface area (TPSA) is 83.1 Å². The molecule has 1 aromatic heterocycles. The van der Waals surface area contributed by atoms with Crippen molar-refractivity contribution in [2.24, 2.45) is 5.92 Å². The zero-order valence-corrected chi connectivity index (χ0v) is 17.1. The molecule has 156 valence electrons. The minimum Gasteiger partial charge on any atom is -0.382 e. The number of ketones is 1. The average molecular weight is 412 g/mol. The molecule has 3 N–H and O–H groups in total. The second kappa shape index (κ2) is 8.32. The van der Waals surface area contributed by atoms with Crippen LogP contribution in [0.3, 0.4) is 0 Å². The van der Waals surface area contributed by atoms with Crippen LogP contribution in [-0.2, 0) is 17.8 Å². The molecule has 1 amide bonds. The fourth-order valence-electron chi connectivity index (χ4n) is 4.32. The van der Waals surface area contributed by atoms with E-state index in [1.165, 1.54) is 11.1 Å². The lowest BCUT2D eigenvalue weighted by Gasteiger charge is -2.28. The fraction of sp³-hybridized carbons (Fsp3) is 0.240. The van der Waals surface area contributed by atoms with E-state index in [0.29, 0.717) is 17.9 Å². The Morgan fingerprint density at radius 2 is 1.84 bits per heavy atom. The van der Waals surface area contributed by atoms with Gasteiger partial charge >= 0.3 is 0 Å². The number of nitrogens with zero attached hydrogens (tertiary/aromatic N) is 1. The highest BCUT2D eigenvalue weighted by Crippen LogP contribution is 2.31. The maximum atomic E-state index is 13.2. The zero-order chi connectivity index (χ0) is 21.2. The van der Waals surface area contributed by atoms with E-state index < -0.39 is 5.92 Å². The number of hydrogen-bond acceptors (Lipinski definition) is 5. The summed E-state index contributed by atoms with van der Waals surface area (Å²) in [5.74, 6) is -1.30. The van der Waals surface area contributed by atoms with Gasteiger partial charge in [0.05, 0.1) is 17.4 Å². The SMILES string of the molecule is O=C(NCc1ccccc1)C1CNc2ccc(C3NCCc4ccccc43)nc2C1=O. The molecule has 2 unspecified atom stereocenters. The van der Waals surface area contributed by atoms with Crippen molar-refractivity contribution in [1.82, 2.24) is 15.6 Å². The van der Waals surface area contributed by atoms with Crippen LogP contribution < -0.4 is 16.0 Å². The van der Waals surface area contributed by atoms with Crippen LogP contribution in [-0.4, -0.2) is 29.8 Å². The van der Waals surface area contributed by atoms with Gasteiger partial charge in [0, 0.05) is 19.6 Å². The maximum Gasteiger partial charge on any atom is 0.233 e. The molecule has 31 heavy (non-hydrogen) atoms. The summed E-state index contributed by atoms with van der Waals surface area (Å²) in [6.45, 7) is 1.53. The first-order chi connectivity index (χ1) is 15.2. The van der Waals surface area contributed by atoms with Crippen molar-refractivity contribution in [3.63, 3.8) is 0 Å². The summed E-state index contributed by atoms with van der Waals surface area (Å²) in [5, 5.41) is 9.60. The summed E-state index contributed by atoms with van der Waals surface area (Å²) in [4.78, 5) is 30.6. The van der Waals surface area contributed by atoms with E-state index in [0.717, 1.165) is 24.2 Å². The number of pyridine rings is 1. The van der Waals surface area contributed by atoms with Crippen molar-refractivity contribution in [2.45, 2.75) is 19.0 Å². The van der Waals surface area contributed by atoms with E-state index in [4.69, 9.17) is 4.98 Å². The molecule has 0 radical (unpaired) electrons. The van der Waals surface area contributed by atoms with Gasteiger partial charge < -0.3 is 16.0 Å². The molecule has 0 aliphatic carbocycles. The first-order valence-corrected chi connectivity index (χ1v) is 10.6. The molecule has 6 nitrogen and oxygen atoms in total. The summed E-state index contributed by atoms with van der Waals surface area (Å²) in [6.07, 6.45) is 0.974. The quantitative estimate of drug-likeness (QED) is 0.574. The summed E-state index contributed by atoms with van der Waals surface area (Å²) < 4.78 is 0. The van der Waals surface area contributed by atoms with Crippen LogP contribution in [0.15, 0.2) is 66.7 Å². The van der Waals surface area contributed by atoms with E-state index in [9.17, 15) is 9.59 Å². The van der Waals surface area contributed by atoms with Gasteiger partial charge in [-0.2, -0.15) is 0 Å². The number of carbonyl (C=O) groups excluding carboxylic acids is 2. The molecule has 0 saturated heterocycles. The van der Waals surface area contributed by atoms with Crippen molar-refractivity contribution >= 4 is 17.4 Å². The van der Waals surface area contributed by atoms with Crippen LogP contribution in [0.1, 0.15) is 38.9 Å². The van der Waals surface area contributed by atoms with Crippen LogP contribution in [0.5, 0.6) is 0 Å². The standard InChI is InChI=1S/C25H24N4O2/c30-24-19(25(31)28-14-16-6-2-1-3-7-16)15-27-20-10-11-21(29-23(20)24)22-18-9-5-4-8-17(18)12-13-26-22/h1-11,19,22,26-27H,12-15H2,(H,28,31). The lowest BCUT2D eigenvalue weighted by Crippen LogP contribution is -2.42. The number of nitrogens with one attached hydrogen (secondary N) is 3. The molecule has 3 aromatic rings. The van der Waals surface area contributed by atoms with Crippen molar-refractivity contribution in [3.8, 4) is 0 Å². The minimum absolute atomic E-state index is 0.0599. The van der Waals surface area contributed by atoms with E-state index in [1.807, 2.05) is 54.6 Å². The molecule has 2 aromatic carbocycles. The van der Waals surface area contributed by atoms with Crippen LogP contribution in [0.25, 0.3) is 0 Å². The van der Waals surface area contributed by atoms with Crippen LogP contribution in [0.4, 0.5) is 5.69 Å². The molecule has 5 rings (SSSR count). The van der Waals surface area contributed by atoms with Gasteiger partial charge in [-0.05, 0) is 35.2 Å². The highest BCUT2D eigenvalue weighted by Gasteiger charge is 2.35. The molecule has 0 fully saturated rings. The lowest BCUT2D eigenvalue weighted by molar-refractivity contribution is -0.123. The van der Waals surface area contributed by atoms with E-state index in [1.54, 1.807) is 0 Å². The summed E-state index contributed by atoms with van der Waals surface area (Å²) in [7, 11) is 0. The normalized spacial score (nSPS) is 19.7. The highest BCUT2D eigenvalue weighted by molar-refractivity contribution is 6.13. The maximum absolute atomic E-state index is 13.2. The number of aromatic nitrogens is 1. The molecule has 2 aliphatic rings. The third-order valence-electron chi connectivity index (χ3n) is 5.99. The first kappa shape index (κ1) is 19.5. The molecule has 0 bridgehead atoms. The van der Waals surface area contributed by atoms with E-state index in [2.05, 4.69) is 28.1 Å². The molecule has 3 heterocycles. The smallest absolute Gasteiger partial charge is 0.233 e. The number of fused-ring (bicyclic) bond motifs is 2. The Kier molecular flexibility index (Phi) is 5.22. The van der Waals surface area contributed by atoms with Gasteiger partial charge in [-0.15, -0.1) is 0 Å². The van der Waals surface area contributed by atoms with E-state index in [-0.39, 0.29) is 24.3 Å². The van der Waals surface area contributed by atoms with Gasteiger partial charge in [0.25, 0.3) is 0 Å². The average Bonchev–Trinajstić information content (AvgIpc) is 2.83. The Bertz CT molecular complexity index is 1130. The summed E-state index contributed by atoms with van der Waals surface area (Å²) in [6, 6.07) is 21.8. The number of amides is 1. The Morgan fingerprint density at radius 1 is 1.03 bits per heavy atom. The second-order valence-corrected chi connectivity index (χ2v) is 7.97. The second-order valence-electron chi connectivity index (χ2n) is 7.97. The molecule has 6 heteroatoms.